The Morgan fingerprint density at radius 2 is 1.63 bits per heavy atom. The Balaban J connectivity index is 4.66. The van der Waals surface area contributed by atoms with Crippen LogP contribution in [0, 0.1) is 5.92 Å². The molecule has 0 saturated carbocycles. The first kappa shape index (κ1) is 17.7. The highest BCUT2D eigenvalue weighted by Gasteiger charge is 2.31. The third-order valence-corrected chi connectivity index (χ3v) is 2.83. The molecule has 2 unspecified atom stereocenters. The van der Waals surface area contributed by atoms with Crippen molar-refractivity contribution in [2.45, 2.75) is 59.5 Å². The summed E-state index contributed by atoms with van der Waals surface area (Å²) in [6, 6.07) is 0. The summed E-state index contributed by atoms with van der Waals surface area (Å²) in [7, 11) is 0. The van der Waals surface area contributed by atoms with E-state index in [1.165, 1.54) is 0 Å². The molecule has 0 saturated heterocycles. The second kappa shape index (κ2) is 10.6. The van der Waals surface area contributed by atoms with Crippen molar-refractivity contribution in [1.82, 2.24) is 0 Å². The van der Waals surface area contributed by atoms with E-state index in [-0.39, 0.29) is 12.6 Å². The topological polar surface area (TPSA) is 61.8 Å². The normalized spacial score (nSPS) is 13.5. The molecule has 0 aromatic carbocycles. The van der Waals surface area contributed by atoms with Crippen molar-refractivity contribution in [2.75, 3.05) is 13.2 Å². The van der Waals surface area contributed by atoms with Crippen LogP contribution in [-0.4, -0.2) is 31.4 Å². The van der Waals surface area contributed by atoms with Crippen LogP contribution in [0.4, 0.5) is 4.79 Å². The SMILES string of the molecule is CCCCC(OC(=O)OCC)C(CC)C(=O)OCC. The van der Waals surface area contributed by atoms with Crippen molar-refractivity contribution >= 4 is 12.1 Å². The Hall–Kier alpha value is -1.26. The van der Waals surface area contributed by atoms with E-state index in [9.17, 15) is 9.59 Å². The van der Waals surface area contributed by atoms with Gasteiger partial charge < -0.3 is 14.2 Å². The monoisotopic (exact) mass is 274 g/mol. The van der Waals surface area contributed by atoms with Gasteiger partial charge in [-0.25, -0.2) is 4.79 Å². The third kappa shape index (κ3) is 7.03. The smallest absolute Gasteiger partial charge is 0.466 e. The second-order valence-corrected chi connectivity index (χ2v) is 4.25. The van der Waals surface area contributed by atoms with Gasteiger partial charge >= 0.3 is 12.1 Å². The van der Waals surface area contributed by atoms with Crippen molar-refractivity contribution in [3.63, 3.8) is 0 Å². The molecule has 0 rings (SSSR count). The number of carbonyl (C=O) groups is 2. The third-order valence-electron chi connectivity index (χ3n) is 2.83. The zero-order valence-corrected chi connectivity index (χ0v) is 12.4. The van der Waals surface area contributed by atoms with Crippen molar-refractivity contribution in [2.24, 2.45) is 5.92 Å². The van der Waals surface area contributed by atoms with Gasteiger partial charge in [0.2, 0.25) is 0 Å². The van der Waals surface area contributed by atoms with Crippen LogP contribution >= 0.6 is 0 Å². The van der Waals surface area contributed by atoms with Crippen molar-refractivity contribution in [3.8, 4) is 0 Å². The summed E-state index contributed by atoms with van der Waals surface area (Å²) in [6.45, 7) is 8.00. The molecule has 0 aliphatic carbocycles. The standard InChI is InChI=1S/C14H26O5/c1-5-9-10-12(19-14(16)18-8-4)11(6-2)13(15)17-7-3/h11-12H,5-10H2,1-4H3. The number of rotatable bonds is 9. The van der Waals surface area contributed by atoms with Gasteiger partial charge in [0.15, 0.2) is 0 Å². The molecule has 0 N–H and O–H groups in total. The summed E-state index contributed by atoms with van der Waals surface area (Å²) in [4.78, 5) is 23.3. The van der Waals surface area contributed by atoms with Crippen LogP contribution in [0.25, 0.3) is 0 Å². The highest BCUT2D eigenvalue weighted by Crippen LogP contribution is 2.20. The summed E-state index contributed by atoms with van der Waals surface area (Å²) < 4.78 is 15.1. The molecule has 0 aliphatic rings. The van der Waals surface area contributed by atoms with E-state index in [0.717, 1.165) is 12.8 Å². The number of hydrogen-bond donors (Lipinski definition) is 0. The average molecular weight is 274 g/mol. The van der Waals surface area contributed by atoms with Gasteiger partial charge in [0, 0.05) is 0 Å². The molecule has 0 heterocycles. The Bertz CT molecular complexity index is 265. The van der Waals surface area contributed by atoms with Gasteiger partial charge in [-0.1, -0.05) is 26.7 Å². The molecule has 0 aromatic rings. The number of hydrogen-bond acceptors (Lipinski definition) is 5. The van der Waals surface area contributed by atoms with Crippen LogP contribution < -0.4 is 0 Å². The number of unbranched alkanes of at least 4 members (excludes halogenated alkanes) is 1. The fourth-order valence-electron chi connectivity index (χ4n) is 1.85. The van der Waals surface area contributed by atoms with E-state index in [2.05, 4.69) is 0 Å². The lowest BCUT2D eigenvalue weighted by Gasteiger charge is -2.24. The zero-order valence-electron chi connectivity index (χ0n) is 12.4. The molecule has 0 aliphatic heterocycles. The number of esters is 1. The predicted octanol–water partition coefficient (Wildman–Crippen LogP) is 3.31. The van der Waals surface area contributed by atoms with Crippen molar-refractivity contribution < 1.29 is 23.8 Å². The average Bonchev–Trinajstić information content (AvgIpc) is 2.37. The summed E-state index contributed by atoms with van der Waals surface area (Å²) >= 11 is 0. The van der Waals surface area contributed by atoms with Crippen molar-refractivity contribution in [1.29, 1.82) is 0 Å². The molecule has 0 amide bonds. The van der Waals surface area contributed by atoms with E-state index in [4.69, 9.17) is 14.2 Å². The summed E-state index contributed by atoms with van der Waals surface area (Å²) in [5.41, 5.74) is 0. The minimum Gasteiger partial charge on any atom is -0.466 e. The van der Waals surface area contributed by atoms with Crippen LogP contribution in [0.5, 0.6) is 0 Å². The van der Waals surface area contributed by atoms with Crippen LogP contribution in [0.1, 0.15) is 53.4 Å². The molecule has 0 spiro atoms. The molecule has 5 nitrogen and oxygen atoms in total. The maximum absolute atomic E-state index is 11.9. The molecule has 5 heteroatoms. The summed E-state index contributed by atoms with van der Waals surface area (Å²) in [6.07, 6.45) is 1.90. The molecule has 112 valence electrons. The van der Waals surface area contributed by atoms with Crippen molar-refractivity contribution in [3.05, 3.63) is 0 Å². The molecule has 0 radical (unpaired) electrons. The van der Waals surface area contributed by atoms with Gasteiger partial charge in [-0.3, -0.25) is 4.79 Å². The highest BCUT2D eigenvalue weighted by atomic mass is 16.7. The second-order valence-electron chi connectivity index (χ2n) is 4.25. The lowest BCUT2D eigenvalue weighted by Crippen LogP contribution is -2.33. The largest absolute Gasteiger partial charge is 0.508 e. The molecule has 0 aromatic heterocycles. The number of carbonyl (C=O) groups excluding carboxylic acids is 2. The van der Waals surface area contributed by atoms with Crippen LogP contribution in [0.15, 0.2) is 0 Å². The minimum absolute atomic E-state index is 0.259. The Morgan fingerprint density at radius 1 is 1.00 bits per heavy atom. The number of ether oxygens (including phenoxy) is 3. The van der Waals surface area contributed by atoms with E-state index in [1.54, 1.807) is 13.8 Å². The summed E-state index contributed by atoms with van der Waals surface area (Å²) in [5.74, 6) is -0.730. The van der Waals surface area contributed by atoms with E-state index >= 15 is 0 Å². The minimum atomic E-state index is -0.716. The molecule has 0 bridgehead atoms. The fraction of sp³-hybridized carbons (Fsp3) is 0.857. The lowest BCUT2D eigenvalue weighted by molar-refractivity contribution is -0.153. The molecule has 2 atom stereocenters. The Labute approximate surface area is 115 Å². The van der Waals surface area contributed by atoms with Crippen LogP contribution in [-0.2, 0) is 19.0 Å². The molecular formula is C14H26O5. The molecule has 0 fully saturated rings. The van der Waals surface area contributed by atoms with E-state index in [0.29, 0.717) is 19.4 Å². The summed E-state index contributed by atoms with van der Waals surface area (Å²) in [5, 5.41) is 0. The quantitative estimate of drug-likeness (QED) is 0.604. The zero-order chi connectivity index (χ0) is 14.7. The van der Waals surface area contributed by atoms with E-state index < -0.39 is 18.2 Å². The van der Waals surface area contributed by atoms with Gasteiger partial charge in [-0.2, -0.15) is 0 Å². The molecule has 19 heavy (non-hydrogen) atoms. The fourth-order valence-corrected chi connectivity index (χ4v) is 1.85. The van der Waals surface area contributed by atoms with Gasteiger partial charge in [-0.05, 0) is 26.7 Å². The van der Waals surface area contributed by atoms with Crippen LogP contribution in [0.3, 0.4) is 0 Å². The Kier molecular flexibility index (Phi) is 9.94. The maximum Gasteiger partial charge on any atom is 0.508 e. The van der Waals surface area contributed by atoms with Gasteiger partial charge in [0.05, 0.1) is 19.1 Å². The van der Waals surface area contributed by atoms with Gasteiger partial charge in [0.25, 0.3) is 0 Å². The predicted molar refractivity (Wildman–Crippen MR) is 71.8 cm³/mol. The first-order chi connectivity index (χ1) is 9.10. The first-order valence-corrected chi connectivity index (χ1v) is 7.10. The Morgan fingerprint density at radius 3 is 2.11 bits per heavy atom. The highest BCUT2D eigenvalue weighted by molar-refractivity contribution is 5.73. The maximum atomic E-state index is 11.9. The van der Waals surface area contributed by atoms with Gasteiger partial charge in [0.1, 0.15) is 6.10 Å². The molecular weight excluding hydrogens is 248 g/mol. The van der Waals surface area contributed by atoms with E-state index in [1.807, 2.05) is 13.8 Å². The lowest BCUT2D eigenvalue weighted by atomic mass is 9.95. The van der Waals surface area contributed by atoms with Gasteiger partial charge in [-0.15, -0.1) is 0 Å². The first-order valence-electron chi connectivity index (χ1n) is 7.10. The van der Waals surface area contributed by atoms with Crippen LogP contribution in [0.2, 0.25) is 0 Å².